The zero-order valence-corrected chi connectivity index (χ0v) is 17.0. The Kier molecular flexibility index (Phi) is 7.19. The molecule has 1 fully saturated rings. The lowest BCUT2D eigenvalue weighted by molar-refractivity contribution is -0.385. The molecule has 0 spiro atoms. The highest BCUT2D eigenvalue weighted by atomic mass is 35.5. The minimum Gasteiger partial charge on any atom is -0.333 e. The number of carbonyl (C=O) groups excluding carboxylic acids is 1. The van der Waals surface area contributed by atoms with Crippen LogP contribution in [0.5, 0.6) is 0 Å². The van der Waals surface area contributed by atoms with Crippen LogP contribution in [0.2, 0.25) is 5.02 Å². The maximum atomic E-state index is 13.1. The molecule has 10 heteroatoms. The van der Waals surface area contributed by atoms with E-state index in [-0.39, 0.29) is 27.8 Å². The van der Waals surface area contributed by atoms with Crippen LogP contribution in [0.3, 0.4) is 0 Å². The molecule has 8 nitrogen and oxygen atoms in total. The minimum atomic E-state index is -3.20. The second-order valence-corrected chi connectivity index (χ2v) is 9.17. The van der Waals surface area contributed by atoms with Crippen LogP contribution in [-0.2, 0) is 9.84 Å². The van der Waals surface area contributed by atoms with E-state index < -0.39 is 26.7 Å². The fourth-order valence-corrected chi connectivity index (χ4v) is 5.15. The van der Waals surface area contributed by atoms with Gasteiger partial charge in [0, 0.05) is 30.2 Å². The summed E-state index contributed by atoms with van der Waals surface area (Å²) in [5.41, 5.74) is -0.450. The number of carbonyl (C=O) groups is 1. The van der Waals surface area contributed by atoms with Gasteiger partial charge in [-0.3, -0.25) is 14.9 Å². The van der Waals surface area contributed by atoms with E-state index in [2.05, 4.69) is 4.90 Å². The van der Waals surface area contributed by atoms with Gasteiger partial charge in [-0.1, -0.05) is 25.4 Å². The summed E-state index contributed by atoms with van der Waals surface area (Å²) >= 11 is 5.83. The maximum Gasteiger partial charge on any atom is 0.283 e. The van der Waals surface area contributed by atoms with Gasteiger partial charge in [-0.25, -0.2) is 8.42 Å². The number of amides is 1. The van der Waals surface area contributed by atoms with E-state index in [1.54, 1.807) is 0 Å². The van der Waals surface area contributed by atoms with E-state index in [9.17, 15) is 23.3 Å². The van der Waals surface area contributed by atoms with E-state index in [4.69, 9.17) is 11.6 Å². The quantitative estimate of drug-likeness (QED) is 0.474. The van der Waals surface area contributed by atoms with Gasteiger partial charge in [0.05, 0.1) is 16.4 Å². The summed E-state index contributed by atoms with van der Waals surface area (Å²) in [4.78, 5) is 27.4. The number of nitro groups is 1. The molecule has 0 saturated carbocycles. The van der Waals surface area contributed by atoms with E-state index in [1.807, 2.05) is 13.8 Å². The minimum absolute atomic E-state index is 0.0232. The number of nitro benzene ring substituents is 1. The maximum absolute atomic E-state index is 13.1. The summed E-state index contributed by atoms with van der Waals surface area (Å²) in [5.74, 6) is -0.624. The Morgan fingerprint density at radius 1 is 1.30 bits per heavy atom. The van der Waals surface area contributed by atoms with Gasteiger partial charge in [0.15, 0.2) is 9.84 Å². The molecule has 1 heterocycles. The number of halogens is 1. The molecule has 0 bridgehead atoms. The highest BCUT2D eigenvalue weighted by molar-refractivity contribution is 7.91. The van der Waals surface area contributed by atoms with Crippen molar-refractivity contribution in [2.24, 2.45) is 0 Å². The highest BCUT2D eigenvalue weighted by Crippen LogP contribution is 2.27. The molecule has 1 aromatic carbocycles. The van der Waals surface area contributed by atoms with E-state index in [0.29, 0.717) is 19.5 Å². The van der Waals surface area contributed by atoms with Gasteiger partial charge in [0.2, 0.25) is 0 Å². The van der Waals surface area contributed by atoms with Crippen LogP contribution in [0.25, 0.3) is 0 Å². The lowest BCUT2D eigenvalue weighted by Gasteiger charge is -2.30. The van der Waals surface area contributed by atoms with Crippen LogP contribution in [-0.4, -0.2) is 72.8 Å². The smallest absolute Gasteiger partial charge is 0.283 e. The Morgan fingerprint density at radius 2 is 1.96 bits per heavy atom. The van der Waals surface area contributed by atoms with Crippen molar-refractivity contribution in [1.29, 1.82) is 0 Å². The molecule has 1 aliphatic heterocycles. The summed E-state index contributed by atoms with van der Waals surface area (Å²) in [5, 5.41) is 11.5. The van der Waals surface area contributed by atoms with Gasteiger partial charge < -0.3 is 9.80 Å². The molecule has 0 aromatic heterocycles. The molecule has 1 amide bonds. The lowest BCUT2D eigenvalue weighted by atomic mass is 10.1. The molecule has 0 aliphatic carbocycles. The Bertz CT molecular complexity index is 811. The van der Waals surface area contributed by atoms with Crippen LogP contribution in [0, 0.1) is 10.1 Å². The largest absolute Gasteiger partial charge is 0.333 e. The van der Waals surface area contributed by atoms with Crippen LogP contribution in [0.15, 0.2) is 18.2 Å². The van der Waals surface area contributed by atoms with Crippen molar-refractivity contribution in [3.8, 4) is 0 Å². The Morgan fingerprint density at radius 3 is 2.48 bits per heavy atom. The predicted molar refractivity (Wildman–Crippen MR) is 104 cm³/mol. The lowest BCUT2D eigenvalue weighted by Crippen LogP contribution is -2.45. The van der Waals surface area contributed by atoms with Gasteiger partial charge in [0.25, 0.3) is 11.6 Å². The molecule has 1 aromatic rings. The fourth-order valence-electron chi connectivity index (χ4n) is 3.25. The third kappa shape index (κ3) is 5.40. The summed E-state index contributed by atoms with van der Waals surface area (Å²) in [7, 11) is -3.20. The molecule has 0 N–H and O–H groups in total. The third-order valence-electron chi connectivity index (χ3n) is 4.85. The SMILES string of the molecule is CCN(CC)CCN(C(=O)c1ccc(Cl)cc1[N+](=O)[O-])C1CCS(=O)(=O)C1. The van der Waals surface area contributed by atoms with Gasteiger partial charge in [-0.2, -0.15) is 0 Å². The number of nitrogens with zero attached hydrogens (tertiary/aromatic N) is 3. The van der Waals surface area contributed by atoms with Crippen LogP contribution < -0.4 is 0 Å². The normalized spacial score (nSPS) is 18.6. The molecular formula is C17H24ClN3O5S. The standard InChI is InChI=1S/C17H24ClN3O5S/c1-3-19(4-2)8-9-20(14-7-10-27(25,26)12-14)17(22)15-6-5-13(18)11-16(15)21(23)24/h5-6,11,14H,3-4,7-10,12H2,1-2H3. The number of hydrogen-bond donors (Lipinski definition) is 0. The number of likely N-dealkylation sites (N-methyl/N-ethyl adjacent to an activating group) is 1. The van der Waals surface area contributed by atoms with Crippen molar-refractivity contribution in [2.75, 3.05) is 37.7 Å². The first-order valence-corrected chi connectivity index (χ1v) is 11.1. The van der Waals surface area contributed by atoms with Crippen molar-refractivity contribution >= 4 is 33.0 Å². The zero-order valence-electron chi connectivity index (χ0n) is 15.4. The van der Waals surface area contributed by atoms with E-state index in [0.717, 1.165) is 19.2 Å². The molecule has 1 atom stereocenters. The van der Waals surface area contributed by atoms with Crippen LogP contribution >= 0.6 is 11.6 Å². The molecule has 1 saturated heterocycles. The monoisotopic (exact) mass is 417 g/mol. The first-order chi connectivity index (χ1) is 12.7. The Hall–Kier alpha value is -1.71. The summed E-state index contributed by atoms with van der Waals surface area (Å²) in [6.07, 6.45) is 0.341. The average Bonchev–Trinajstić information content (AvgIpc) is 2.97. The fraction of sp³-hybridized carbons (Fsp3) is 0.588. The number of hydrogen-bond acceptors (Lipinski definition) is 6. The van der Waals surface area contributed by atoms with E-state index >= 15 is 0 Å². The molecular weight excluding hydrogens is 394 g/mol. The van der Waals surface area contributed by atoms with Gasteiger partial charge in [-0.15, -0.1) is 0 Å². The van der Waals surface area contributed by atoms with Gasteiger partial charge in [0.1, 0.15) is 5.56 Å². The topological polar surface area (TPSA) is 101 Å². The second-order valence-electron chi connectivity index (χ2n) is 6.50. The van der Waals surface area contributed by atoms with Crippen molar-refractivity contribution < 1.29 is 18.1 Å². The van der Waals surface area contributed by atoms with Crippen molar-refractivity contribution in [1.82, 2.24) is 9.80 Å². The second kappa shape index (κ2) is 8.99. The van der Waals surface area contributed by atoms with Gasteiger partial charge >= 0.3 is 0 Å². The number of sulfone groups is 1. The Labute approximate surface area is 164 Å². The molecule has 0 radical (unpaired) electrons. The van der Waals surface area contributed by atoms with Crippen LogP contribution in [0.4, 0.5) is 5.69 Å². The Balaban J connectivity index is 2.35. The molecule has 1 unspecified atom stereocenters. The first-order valence-electron chi connectivity index (χ1n) is 8.86. The zero-order chi connectivity index (χ0) is 20.2. The summed E-state index contributed by atoms with van der Waals surface area (Å²) < 4.78 is 23.8. The summed E-state index contributed by atoms with van der Waals surface area (Å²) in [6, 6.07) is 3.42. The molecule has 150 valence electrons. The highest BCUT2D eigenvalue weighted by Gasteiger charge is 2.36. The molecule has 1 aliphatic rings. The molecule has 2 rings (SSSR count). The van der Waals surface area contributed by atoms with Crippen LogP contribution in [0.1, 0.15) is 30.6 Å². The summed E-state index contributed by atoms with van der Waals surface area (Å²) in [6.45, 7) is 6.46. The van der Waals surface area contributed by atoms with Crippen molar-refractivity contribution in [2.45, 2.75) is 26.3 Å². The average molecular weight is 418 g/mol. The van der Waals surface area contributed by atoms with Crippen molar-refractivity contribution in [3.63, 3.8) is 0 Å². The van der Waals surface area contributed by atoms with E-state index in [1.165, 1.54) is 17.0 Å². The predicted octanol–water partition coefficient (Wildman–Crippen LogP) is 2.22. The first kappa shape index (κ1) is 21.6. The molecule has 27 heavy (non-hydrogen) atoms. The number of benzene rings is 1. The third-order valence-corrected chi connectivity index (χ3v) is 6.83. The number of rotatable bonds is 8. The van der Waals surface area contributed by atoms with Gasteiger partial charge in [-0.05, 0) is 31.6 Å². The van der Waals surface area contributed by atoms with Crippen molar-refractivity contribution in [3.05, 3.63) is 38.9 Å².